The Bertz CT molecular complexity index is 2130. The largest absolute Gasteiger partial charge is 0.469 e. The van der Waals surface area contributed by atoms with Gasteiger partial charge in [0.25, 0.3) is 0 Å². The number of H-pyrrole nitrogens is 1. The van der Waals surface area contributed by atoms with Gasteiger partial charge in [0.2, 0.25) is 5.91 Å². The predicted octanol–water partition coefficient (Wildman–Crippen LogP) is 0.251. The van der Waals surface area contributed by atoms with Crippen molar-refractivity contribution in [3.8, 4) is 0 Å². The highest BCUT2D eigenvalue weighted by molar-refractivity contribution is 5.82. The molecule has 22 heteroatoms. The topological polar surface area (TPSA) is 366 Å². The average Bonchev–Trinajstić information content (AvgIpc) is 3.87. The Hall–Kier alpha value is -4.76. The summed E-state index contributed by atoms with van der Waals surface area (Å²) in [5.41, 5.74) is 6.73. The number of fused-ring (bicyclic) bond motifs is 2. The second-order valence-electron chi connectivity index (χ2n) is 20.1. The molecule has 1 aromatic rings. The summed E-state index contributed by atoms with van der Waals surface area (Å²) in [6.07, 6.45) is 5.64. The van der Waals surface area contributed by atoms with Crippen LogP contribution < -0.4 is 11.1 Å². The lowest BCUT2D eigenvalue weighted by Crippen LogP contribution is -2.65. The van der Waals surface area contributed by atoms with Gasteiger partial charge in [-0.25, -0.2) is 4.98 Å². The third kappa shape index (κ3) is 20.6. The molecule has 0 aromatic carbocycles. The van der Waals surface area contributed by atoms with Crippen molar-refractivity contribution in [2.24, 2.45) is 23.5 Å². The molecule has 426 valence electrons. The zero-order valence-corrected chi connectivity index (χ0v) is 43.8. The lowest BCUT2D eigenvalue weighted by atomic mass is 9.82. The average molecular weight is 1080 g/mol. The third-order valence-corrected chi connectivity index (χ3v) is 13.8. The van der Waals surface area contributed by atoms with Crippen molar-refractivity contribution in [3.63, 3.8) is 0 Å². The summed E-state index contributed by atoms with van der Waals surface area (Å²) in [5.74, 6) is -6.86. The highest BCUT2D eigenvalue weighted by atomic mass is 16.7. The fraction of sp³-hybridized carbons (Fsp3) is 0.630. The van der Waals surface area contributed by atoms with Gasteiger partial charge in [0.1, 0.15) is 24.2 Å². The number of hydrogen-bond acceptors (Lipinski definition) is 20. The first-order chi connectivity index (χ1) is 36.0. The molecule has 20 atom stereocenters. The molecule has 0 aliphatic carbocycles. The van der Waals surface area contributed by atoms with Gasteiger partial charge in [-0.15, -0.1) is 0 Å². The van der Waals surface area contributed by atoms with Crippen molar-refractivity contribution in [1.82, 2.24) is 15.3 Å². The minimum absolute atomic E-state index is 0.0714. The van der Waals surface area contributed by atoms with Crippen LogP contribution >= 0.6 is 0 Å². The van der Waals surface area contributed by atoms with Crippen LogP contribution in [-0.4, -0.2) is 190 Å². The van der Waals surface area contributed by atoms with Crippen LogP contribution in [-0.2, 0) is 44.5 Å². The van der Waals surface area contributed by atoms with E-state index < -0.39 is 159 Å². The maximum atomic E-state index is 13.3. The standard InChI is InChI=1S/C54H82N4O18/c1-31-18-16-14-12-10-8-6-7-9-11-13-15-17-19-39(75-53-50(68)47(49(67)34(4)74-53)58-51(69)40(55)22-35-29-56-30-57-35)26-44-46(52(70)72-5)43(64)28-54(71,76-44)27-38(61)24-42(63)41(62)21-20-36(59)23-37(60)25-45(65)73-33(3)32(2)48(31)66/h6-19,29-34,36-44,46-50,53,59-64,66-68,71H,20-28,55H2,1-5H3,(H,56,57)(H,58,69)/t31-,32-,33-,34+,36+,37+,38-,39-,40-,41+,42+,43-,44-,46+,47-,48+,49+,50-,53-,54+/m0/s1. The molecule has 4 heterocycles. The summed E-state index contributed by atoms with van der Waals surface area (Å²) in [4.78, 5) is 46.0. The number of aromatic amines is 1. The van der Waals surface area contributed by atoms with Gasteiger partial charge >= 0.3 is 11.9 Å². The number of nitrogens with one attached hydrogen (secondary N) is 2. The number of nitrogens with zero attached hydrogens (tertiary/aromatic N) is 1. The van der Waals surface area contributed by atoms with Gasteiger partial charge in [-0.05, 0) is 33.1 Å². The number of aliphatic hydroxyl groups excluding tert-OH is 9. The molecule has 0 unspecified atom stereocenters. The Balaban J connectivity index is 1.60. The number of carbonyl (C=O) groups is 3. The van der Waals surface area contributed by atoms with Crippen molar-refractivity contribution in [2.45, 2.75) is 189 Å². The number of allylic oxidation sites excluding steroid dienone is 12. The number of methoxy groups -OCH3 is 1. The first kappa shape index (κ1) is 63.8. The van der Waals surface area contributed by atoms with E-state index in [1.165, 1.54) is 25.5 Å². The first-order valence-corrected chi connectivity index (χ1v) is 25.8. The Morgan fingerprint density at radius 2 is 1.38 bits per heavy atom. The van der Waals surface area contributed by atoms with Crippen molar-refractivity contribution in [1.29, 1.82) is 0 Å². The molecule has 2 bridgehead atoms. The first-order valence-electron chi connectivity index (χ1n) is 25.8. The number of esters is 2. The van der Waals surface area contributed by atoms with Gasteiger partial charge in [-0.1, -0.05) is 98.9 Å². The smallest absolute Gasteiger partial charge is 0.313 e. The van der Waals surface area contributed by atoms with Gasteiger partial charge < -0.3 is 90.8 Å². The molecule has 0 saturated carbocycles. The van der Waals surface area contributed by atoms with Crippen LogP contribution in [0.15, 0.2) is 97.6 Å². The molecule has 3 aliphatic heterocycles. The summed E-state index contributed by atoms with van der Waals surface area (Å²) in [6, 6.07) is -2.44. The Labute approximate surface area is 444 Å². The molecule has 1 amide bonds. The maximum absolute atomic E-state index is 13.3. The maximum Gasteiger partial charge on any atom is 0.313 e. The van der Waals surface area contributed by atoms with E-state index in [0.717, 1.165) is 7.11 Å². The summed E-state index contributed by atoms with van der Waals surface area (Å²) < 4.78 is 28.9. The van der Waals surface area contributed by atoms with E-state index in [2.05, 4.69) is 15.3 Å². The molecule has 3 aliphatic rings. The summed E-state index contributed by atoms with van der Waals surface area (Å²) in [7, 11) is 1.10. The number of ether oxygens (including phenoxy) is 5. The van der Waals surface area contributed by atoms with Gasteiger partial charge in [0.05, 0.1) is 93.0 Å². The fourth-order valence-corrected chi connectivity index (χ4v) is 9.23. The van der Waals surface area contributed by atoms with Gasteiger partial charge in [0.15, 0.2) is 12.1 Å². The van der Waals surface area contributed by atoms with Crippen LogP contribution in [0.1, 0.15) is 84.8 Å². The van der Waals surface area contributed by atoms with E-state index in [-0.39, 0.29) is 38.0 Å². The van der Waals surface area contributed by atoms with Crippen molar-refractivity contribution >= 4 is 17.8 Å². The number of hydrogen-bond donors (Lipinski definition) is 13. The second-order valence-corrected chi connectivity index (χ2v) is 20.1. The Morgan fingerprint density at radius 1 is 0.763 bits per heavy atom. The normalized spacial score (nSPS) is 38.0. The van der Waals surface area contributed by atoms with Crippen molar-refractivity contribution in [2.75, 3.05) is 7.11 Å². The zero-order valence-electron chi connectivity index (χ0n) is 43.8. The Kier molecular flexibility index (Phi) is 26.5. The van der Waals surface area contributed by atoms with Crippen molar-refractivity contribution < 1.29 is 89.1 Å². The summed E-state index contributed by atoms with van der Waals surface area (Å²) >= 11 is 0. The second kappa shape index (κ2) is 31.6. The van der Waals surface area contributed by atoms with E-state index in [0.29, 0.717) is 5.69 Å². The van der Waals surface area contributed by atoms with E-state index in [1.54, 1.807) is 86.8 Å². The number of aliphatic hydroxyl groups is 10. The molecule has 0 radical (unpaired) electrons. The van der Waals surface area contributed by atoms with E-state index in [9.17, 15) is 65.4 Å². The van der Waals surface area contributed by atoms with Crippen LogP contribution in [0, 0.1) is 17.8 Å². The third-order valence-electron chi connectivity index (χ3n) is 13.8. The Morgan fingerprint density at radius 3 is 1.99 bits per heavy atom. The van der Waals surface area contributed by atoms with E-state index in [4.69, 9.17) is 29.4 Å². The monoisotopic (exact) mass is 1070 g/mol. The molecule has 22 nitrogen and oxygen atoms in total. The number of amides is 1. The van der Waals surface area contributed by atoms with Crippen LogP contribution in [0.4, 0.5) is 0 Å². The van der Waals surface area contributed by atoms with E-state index >= 15 is 0 Å². The number of nitrogens with two attached hydrogens (primary N) is 1. The lowest BCUT2D eigenvalue weighted by molar-refractivity contribution is -0.309. The molecule has 0 spiro atoms. The fourth-order valence-electron chi connectivity index (χ4n) is 9.23. The number of aromatic nitrogens is 2. The van der Waals surface area contributed by atoms with Crippen LogP contribution in [0.3, 0.4) is 0 Å². The van der Waals surface area contributed by atoms with Crippen LogP contribution in [0.25, 0.3) is 0 Å². The number of rotatable bonds is 7. The molecule has 14 N–H and O–H groups in total. The number of cyclic esters (lactones) is 1. The molecule has 76 heavy (non-hydrogen) atoms. The van der Waals surface area contributed by atoms with Crippen LogP contribution in [0.2, 0.25) is 0 Å². The van der Waals surface area contributed by atoms with Crippen LogP contribution in [0.5, 0.6) is 0 Å². The summed E-state index contributed by atoms with van der Waals surface area (Å²) in [5, 5.41) is 114. The number of carbonyl (C=O) groups excluding carboxylic acids is 3. The molecule has 2 saturated heterocycles. The predicted molar refractivity (Wildman–Crippen MR) is 276 cm³/mol. The minimum Gasteiger partial charge on any atom is -0.469 e. The van der Waals surface area contributed by atoms with Gasteiger partial charge in [-0.2, -0.15) is 0 Å². The molecule has 1 aromatic heterocycles. The lowest BCUT2D eigenvalue weighted by Gasteiger charge is -2.46. The van der Waals surface area contributed by atoms with Gasteiger partial charge in [0, 0.05) is 55.8 Å². The molecule has 4 rings (SSSR count). The molecular weight excluding hydrogens is 993 g/mol. The van der Waals surface area contributed by atoms with Gasteiger partial charge in [-0.3, -0.25) is 14.4 Å². The molecule has 2 fully saturated rings. The highest BCUT2D eigenvalue weighted by Crippen LogP contribution is 2.38. The highest BCUT2D eigenvalue weighted by Gasteiger charge is 2.51. The quantitative estimate of drug-likeness (QED) is 0.163. The zero-order chi connectivity index (χ0) is 56.1. The SMILES string of the molecule is COC(=O)[C@H]1[C@@H]2C[C@@H](O[C@@H]3O[C@H](C)[C@@H](O)[C@H](NC(=O)[C@@H](N)Cc4cnc[nH]4)[C@@H]3O)C=CC=CC=CC=CC=CC=CC=C[C@H](C)[C@@H](O)[C@@H](C)[C@H](C)OC(=O)C[C@H](O)C[C@H](O)CC[C@@H](O)[C@H](O)C[C@H](O)C[C@](O)(C[C@@H]1O)O2. The minimum atomic E-state index is -2.34. The number of imidazole rings is 1. The molecular formula is C54H82N4O18. The summed E-state index contributed by atoms with van der Waals surface area (Å²) in [6.45, 7) is 6.71. The van der Waals surface area contributed by atoms with E-state index in [1.807, 2.05) is 13.0 Å². The van der Waals surface area contributed by atoms with Crippen molar-refractivity contribution in [3.05, 3.63) is 103 Å².